The van der Waals surface area contributed by atoms with Gasteiger partial charge in [-0.2, -0.15) is 5.10 Å². The van der Waals surface area contributed by atoms with E-state index in [0.29, 0.717) is 0 Å². The number of rotatable bonds is 3. The molecule has 2 heterocycles. The molecule has 0 spiro atoms. The molecule has 0 saturated carbocycles. The third kappa shape index (κ3) is 1.88. The maximum atomic E-state index is 13.7. The molecule has 92 valence electrons. The molecule has 2 aromatic rings. The van der Waals surface area contributed by atoms with Crippen LogP contribution in [-0.2, 0) is 0 Å². The smallest absolute Gasteiger partial charge is 0.338 e. The van der Waals surface area contributed by atoms with Gasteiger partial charge in [-0.15, -0.1) is 0 Å². The van der Waals surface area contributed by atoms with E-state index in [9.17, 15) is 19.3 Å². The lowest BCUT2D eigenvalue weighted by Crippen LogP contribution is -2.08. The first-order chi connectivity index (χ1) is 8.50. The van der Waals surface area contributed by atoms with Gasteiger partial charge in [-0.25, -0.2) is 18.9 Å². The van der Waals surface area contributed by atoms with Crippen LogP contribution in [0.15, 0.2) is 24.7 Å². The molecule has 0 fully saturated rings. The minimum atomic E-state index is -1.46. The zero-order chi connectivity index (χ0) is 13.3. The van der Waals surface area contributed by atoms with Gasteiger partial charge in [0.15, 0.2) is 11.6 Å². The zero-order valence-corrected chi connectivity index (χ0v) is 8.65. The molecule has 0 aliphatic heterocycles. The minimum absolute atomic E-state index is 0.350. The number of pyridine rings is 1. The molecule has 0 saturated heterocycles. The summed E-state index contributed by atoms with van der Waals surface area (Å²) >= 11 is 0. The second-order valence-corrected chi connectivity index (χ2v) is 3.20. The van der Waals surface area contributed by atoms with E-state index in [1.165, 1.54) is 0 Å². The Kier molecular flexibility index (Phi) is 2.72. The molecule has 0 aliphatic rings. The largest absolute Gasteiger partial charge is 0.478 e. The Labute approximate surface area is 98.5 Å². The first-order valence-electron chi connectivity index (χ1n) is 4.58. The van der Waals surface area contributed by atoms with Gasteiger partial charge in [-0.1, -0.05) is 0 Å². The first-order valence-corrected chi connectivity index (χ1v) is 4.58. The van der Waals surface area contributed by atoms with E-state index in [1.807, 2.05) is 0 Å². The predicted octanol–water partition coefficient (Wildman–Crippen LogP) is 1.01. The van der Waals surface area contributed by atoms with Crippen molar-refractivity contribution in [1.29, 1.82) is 0 Å². The summed E-state index contributed by atoms with van der Waals surface area (Å²) in [5.41, 5.74) is -0.935. The Balaban J connectivity index is 2.53. The topological polar surface area (TPSA) is 111 Å². The van der Waals surface area contributed by atoms with Gasteiger partial charge in [0.25, 0.3) is 0 Å². The van der Waals surface area contributed by atoms with Crippen molar-refractivity contribution in [2.24, 2.45) is 0 Å². The highest BCUT2D eigenvalue weighted by Gasteiger charge is 2.18. The van der Waals surface area contributed by atoms with Gasteiger partial charge in [0, 0.05) is 6.20 Å². The monoisotopic (exact) mass is 252 g/mol. The molecule has 0 bridgehead atoms. The number of halogens is 1. The molecule has 2 aromatic heterocycles. The molecule has 0 atom stereocenters. The Hall–Kier alpha value is -2.84. The Bertz CT molecular complexity index is 639. The number of nitro groups is 1. The van der Waals surface area contributed by atoms with Crippen LogP contribution in [0.25, 0.3) is 5.82 Å². The maximum absolute atomic E-state index is 13.7. The fourth-order valence-electron chi connectivity index (χ4n) is 1.28. The minimum Gasteiger partial charge on any atom is -0.478 e. The second-order valence-electron chi connectivity index (χ2n) is 3.20. The summed E-state index contributed by atoms with van der Waals surface area (Å²) in [6.07, 6.45) is 2.93. The van der Waals surface area contributed by atoms with Gasteiger partial charge in [0.1, 0.15) is 18.0 Å². The van der Waals surface area contributed by atoms with Crippen LogP contribution in [0, 0.1) is 15.9 Å². The normalized spacial score (nSPS) is 10.3. The predicted molar refractivity (Wildman–Crippen MR) is 54.9 cm³/mol. The number of carboxylic acid groups (broad SMARTS) is 1. The molecule has 0 amide bonds. The summed E-state index contributed by atoms with van der Waals surface area (Å²) in [7, 11) is 0. The number of hydrogen-bond acceptors (Lipinski definition) is 5. The van der Waals surface area contributed by atoms with E-state index in [2.05, 4.69) is 10.1 Å². The second kappa shape index (κ2) is 4.20. The number of aromatic nitrogens is 3. The lowest BCUT2D eigenvalue weighted by molar-refractivity contribution is -0.384. The lowest BCUT2D eigenvalue weighted by atomic mass is 10.2. The molecule has 18 heavy (non-hydrogen) atoms. The van der Waals surface area contributed by atoms with Crippen LogP contribution in [0.1, 0.15) is 10.4 Å². The molecular weight excluding hydrogens is 247 g/mol. The average molecular weight is 252 g/mol. The SMILES string of the molecule is O=C(O)c1ccnc(-n2cc([N+](=O)[O-])cn2)c1F. The van der Waals surface area contributed by atoms with Crippen LogP contribution < -0.4 is 0 Å². The van der Waals surface area contributed by atoms with Crippen molar-refractivity contribution in [3.8, 4) is 5.82 Å². The van der Waals surface area contributed by atoms with E-state index < -0.39 is 28.1 Å². The number of aromatic carboxylic acids is 1. The molecule has 0 aliphatic carbocycles. The highest BCUT2D eigenvalue weighted by Crippen LogP contribution is 2.17. The van der Waals surface area contributed by atoms with Crippen LogP contribution in [-0.4, -0.2) is 30.8 Å². The van der Waals surface area contributed by atoms with E-state index in [0.717, 1.165) is 29.3 Å². The van der Waals surface area contributed by atoms with E-state index in [4.69, 9.17) is 5.11 Å². The Morgan fingerprint density at radius 3 is 2.83 bits per heavy atom. The number of carbonyl (C=O) groups is 1. The van der Waals surface area contributed by atoms with Gasteiger partial charge >= 0.3 is 11.7 Å². The maximum Gasteiger partial charge on any atom is 0.338 e. The highest BCUT2D eigenvalue weighted by molar-refractivity contribution is 5.88. The third-order valence-corrected chi connectivity index (χ3v) is 2.10. The fraction of sp³-hybridized carbons (Fsp3) is 0. The molecule has 0 aromatic carbocycles. The zero-order valence-electron chi connectivity index (χ0n) is 8.65. The first kappa shape index (κ1) is 11.6. The van der Waals surface area contributed by atoms with Gasteiger partial charge < -0.3 is 5.11 Å². The average Bonchev–Trinajstić information content (AvgIpc) is 2.78. The molecule has 2 rings (SSSR count). The van der Waals surface area contributed by atoms with Gasteiger partial charge in [0.2, 0.25) is 0 Å². The summed E-state index contributed by atoms with van der Waals surface area (Å²) in [6, 6.07) is 0.985. The van der Waals surface area contributed by atoms with Crippen LogP contribution >= 0.6 is 0 Å². The Morgan fingerprint density at radius 1 is 1.56 bits per heavy atom. The Morgan fingerprint density at radius 2 is 2.28 bits per heavy atom. The summed E-state index contributed by atoms with van der Waals surface area (Å²) in [5, 5.41) is 22.7. The molecule has 0 radical (unpaired) electrons. The highest BCUT2D eigenvalue weighted by atomic mass is 19.1. The van der Waals surface area contributed by atoms with Gasteiger partial charge in [-0.3, -0.25) is 10.1 Å². The quantitative estimate of drug-likeness (QED) is 0.644. The number of carboxylic acids is 1. The summed E-state index contributed by atoms with van der Waals surface area (Å²) in [5.74, 6) is -2.98. The van der Waals surface area contributed by atoms with Crippen molar-refractivity contribution in [2.75, 3.05) is 0 Å². The van der Waals surface area contributed by atoms with Crippen LogP contribution in [0.5, 0.6) is 0 Å². The summed E-state index contributed by atoms with van der Waals surface area (Å²) in [6.45, 7) is 0. The molecule has 0 unspecified atom stereocenters. The summed E-state index contributed by atoms with van der Waals surface area (Å²) in [4.78, 5) is 24.1. The van der Waals surface area contributed by atoms with Crippen molar-refractivity contribution in [3.63, 3.8) is 0 Å². The van der Waals surface area contributed by atoms with Crippen molar-refractivity contribution in [1.82, 2.24) is 14.8 Å². The van der Waals surface area contributed by atoms with Crippen molar-refractivity contribution in [2.45, 2.75) is 0 Å². The third-order valence-electron chi connectivity index (χ3n) is 2.10. The fourth-order valence-corrected chi connectivity index (χ4v) is 1.28. The van der Waals surface area contributed by atoms with Crippen LogP contribution in [0.2, 0.25) is 0 Å². The van der Waals surface area contributed by atoms with Crippen LogP contribution in [0.3, 0.4) is 0 Å². The van der Waals surface area contributed by atoms with E-state index in [-0.39, 0.29) is 5.69 Å². The standard InChI is InChI=1S/C9H5FN4O4/c10-7-6(9(15)16)1-2-11-8(7)13-4-5(3-12-13)14(17)18/h1-4H,(H,15,16). The van der Waals surface area contributed by atoms with E-state index >= 15 is 0 Å². The van der Waals surface area contributed by atoms with Crippen LogP contribution in [0.4, 0.5) is 10.1 Å². The van der Waals surface area contributed by atoms with Crippen molar-refractivity contribution in [3.05, 3.63) is 46.2 Å². The number of nitrogens with zero attached hydrogens (tertiary/aromatic N) is 4. The van der Waals surface area contributed by atoms with Crippen molar-refractivity contribution >= 4 is 11.7 Å². The molecular formula is C9H5FN4O4. The molecule has 8 nitrogen and oxygen atoms in total. The van der Waals surface area contributed by atoms with Gasteiger partial charge in [-0.05, 0) is 6.07 Å². The lowest BCUT2D eigenvalue weighted by Gasteiger charge is -2.03. The molecule has 9 heteroatoms. The molecule has 1 N–H and O–H groups in total. The summed E-state index contributed by atoms with van der Waals surface area (Å²) < 4.78 is 14.6. The van der Waals surface area contributed by atoms with Gasteiger partial charge in [0.05, 0.1) is 4.92 Å². The van der Waals surface area contributed by atoms with Crippen molar-refractivity contribution < 1.29 is 19.2 Å². The number of hydrogen-bond donors (Lipinski definition) is 1. The van der Waals surface area contributed by atoms with E-state index in [1.54, 1.807) is 0 Å².